The average Bonchev–Trinajstić information content (AvgIpc) is 2.39. The van der Waals surface area contributed by atoms with Gasteiger partial charge in [-0.25, -0.2) is 0 Å². The Hall–Kier alpha value is -0.810. The molecule has 6 heteroatoms. The number of hydrogen-bond donors (Lipinski definition) is 0. The first-order chi connectivity index (χ1) is 10.1. The molecule has 0 radical (unpaired) electrons. The molecule has 0 N–H and O–H groups in total. The number of carbonyl (C=O) groups is 1. The van der Waals surface area contributed by atoms with Crippen molar-refractivity contribution < 1.29 is 27.5 Å². The Balaban J connectivity index is 1.70. The summed E-state index contributed by atoms with van der Waals surface area (Å²) in [5.74, 6) is -9.09. The minimum atomic E-state index is -3.98. The van der Waals surface area contributed by atoms with Gasteiger partial charge in [0.05, 0.1) is 0 Å². The van der Waals surface area contributed by atoms with E-state index in [1.807, 2.05) is 0 Å². The Labute approximate surface area is 126 Å². The third-order valence-corrected chi connectivity index (χ3v) is 7.24. The van der Waals surface area contributed by atoms with Crippen molar-refractivity contribution in [2.24, 2.45) is 28.6 Å². The summed E-state index contributed by atoms with van der Waals surface area (Å²) >= 11 is 0. The van der Waals surface area contributed by atoms with E-state index in [0.29, 0.717) is 32.1 Å². The SMILES string of the molecule is O=C([O-])C12CC3CC(C1)C1(CCC(F)(F)C(F)(F)C1)C(C3)C2. The lowest BCUT2D eigenvalue weighted by Gasteiger charge is -2.67. The van der Waals surface area contributed by atoms with E-state index in [-0.39, 0.29) is 24.2 Å². The van der Waals surface area contributed by atoms with Gasteiger partial charge < -0.3 is 9.90 Å². The van der Waals surface area contributed by atoms with E-state index >= 15 is 0 Å². The predicted molar refractivity (Wildman–Crippen MR) is 67.2 cm³/mol. The van der Waals surface area contributed by atoms with Crippen LogP contribution in [0, 0.1) is 28.6 Å². The highest BCUT2D eigenvalue weighted by atomic mass is 19.3. The highest BCUT2D eigenvalue weighted by Gasteiger charge is 2.70. The van der Waals surface area contributed by atoms with E-state index in [0.717, 1.165) is 0 Å². The summed E-state index contributed by atoms with van der Waals surface area (Å²) in [5.41, 5.74) is -1.68. The first-order valence-corrected chi connectivity index (χ1v) is 8.07. The van der Waals surface area contributed by atoms with Gasteiger partial charge in [-0.05, 0) is 61.7 Å². The third kappa shape index (κ3) is 1.64. The molecule has 124 valence electrons. The second-order valence-electron chi connectivity index (χ2n) is 8.23. The van der Waals surface area contributed by atoms with Crippen LogP contribution in [0.4, 0.5) is 17.6 Å². The first-order valence-electron chi connectivity index (χ1n) is 8.07. The summed E-state index contributed by atoms with van der Waals surface area (Å²) in [6.45, 7) is 0. The van der Waals surface area contributed by atoms with Gasteiger partial charge >= 0.3 is 11.8 Å². The molecule has 5 saturated carbocycles. The van der Waals surface area contributed by atoms with E-state index in [1.54, 1.807) is 0 Å². The summed E-state index contributed by atoms with van der Waals surface area (Å²) in [6, 6.07) is 0. The van der Waals surface area contributed by atoms with Crippen LogP contribution in [0.1, 0.15) is 51.4 Å². The molecule has 0 heterocycles. The number of carboxylic acid groups (broad SMARTS) is 1. The molecule has 4 bridgehead atoms. The maximum atomic E-state index is 14.0. The van der Waals surface area contributed by atoms with Crippen LogP contribution in [0.25, 0.3) is 0 Å². The lowest BCUT2D eigenvalue weighted by atomic mass is 9.38. The van der Waals surface area contributed by atoms with Crippen molar-refractivity contribution in [3.8, 4) is 0 Å². The Morgan fingerprint density at radius 2 is 1.50 bits per heavy atom. The minimum absolute atomic E-state index is 0.0980. The molecule has 5 rings (SSSR count). The van der Waals surface area contributed by atoms with E-state index in [2.05, 4.69) is 0 Å². The van der Waals surface area contributed by atoms with Gasteiger partial charge in [0.25, 0.3) is 0 Å². The Bertz CT molecular complexity index is 514. The minimum Gasteiger partial charge on any atom is -0.550 e. The largest absolute Gasteiger partial charge is 0.550 e. The van der Waals surface area contributed by atoms with Crippen LogP contribution < -0.4 is 5.11 Å². The molecule has 0 aromatic rings. The zero-order valence-corrected chi connectivity index (χ0v) is 12.2. The highest BCUT2D eigenvalue weighted by molar-refractivity contribution is 5.73. The van der Waals surface area contributed by atoms with Crippen LogP contribution in [-0.4, -0.2) is 17.8 Å². The molecule has 0 aromatic heterocycles. The predicted octanol–water partition coefficient (Wildman–Crippen LogP) is 3.00. The Morgan fingerprint density at radius 1 is 0.909 bits per heavy atom. The van der Waals surface area contributed by atoms with Crippen LogP contribution in [-0.2, 0) is 4.79 Å². The molecule has 0 amide bonds. The fourth-order valence-electron chi connectivity index (χ4n) is 6.34. The van der Waals surface area contributed by atoms with Gasteiger partial charge in [0.1, 0.15) is 0 Å². The van der Waals surface area contributed by atoms with E-state index < -0.39 is 41.5 Å². The average molecular weight is 319 g/mol. The van der Waals surface area contributed by atoms with Gasteiger partial charge in [0.15, 0.2) is 0 Å². The molecule has 5 aliphatic carbocycles. The molecule has 5 fully saturated rings. The monoisotopic (exact) mass is 319 g/mol. The van der Waals surface area contributed by atoms with Crippen LogP contribution in [0.15, 0.2) is 0 Å². The summed E-state index contributed by atoms with van der Waals surface area (Å²) in [4.78, 5) is 11.6. The normalized spacial score (nSPS) is 51.2. The van der Waals surface area contributed by atoms with Crippen molar-refractivity contribution in [3.05, 3.63) is 0 Å². The van der Waals surface area contributed by atoms with Crippen molar-refractivity contribution in [3.63, 3.8) is 0 Å². The number of hydrogen-bond acceptors (Lipinski definition) is 2. The molecule has 1 spiro atoms. The number of rotatable bonds is 1. The number of carboxylic acids is 1. The topological polar surface area (TPSA) is 40.1 Å². The number of aliphatic carboxylic acids is 1. The number of carbonyl (C=O) groups excluding carboxylic acids is 1. The first kappa shape index (κ1) is 14.8. The molecule has 2 nitrogen and oxygen atoms in total. The van der Waals surface area contributed by atoms with Gasteiger partial charge in [-0.3, -0.25) is 0 Å². The second-order valence-corrected chi connectivity index (χ2v) is 8.23. The quantitative estimate of drug-likeness (QED) is 0.697. The number of alkyl halides is 4. The van der Waals surface area contributed by atoms with Crippen LogP contribution in [0.3, 0.4) is 0 Å². The molecule has 2 unspecified atom stereocenters. The summed E-state index contributed by atoms with van der Waals surface area (Å²) < 4.78 is 55.1. The Kier molecular flexibility index (Phi) is 2.67. The second kappa shape index (κ2) is 3.99. The van der Waals surface area contributed by atoms with Crippen molar-refractivity contribution in [1.29, 1.82) is 0 Å². The van der Waals surface area contributed by atoms with Crippen molar-refractivity contribution in [2.45, 2.75) is 63.2 Å². The molecule has 0 aliphatic heterocycles. The van der Waals surface area contributed by atoms with Gasteiger partial charge in [-0.2, -0.15) is 17.6 Å². The van der Waals surface area contributed by atoms with Gasteiger partial charge in [0, 0.05) is 24.2 Å². The lowest BCUT2D eigenvalue weighted by Crippen LogP contribution is -2.65. The molecule has 5 aliphatic rings. The van der Waals surface area contributed by atoms with E-state index in [4.69, 9.17) is 0 Å². The fraction of sp³-hybridized carbons (Fsp3) is 0.938. The van der Waals surface area contributed by atoms with Gasteiger partial charge in [0.2, 0.25) is 0 Å². The van der Waals surface area contributed by atoms with E-state index in [1.165, 1.54) is 0 Å². The van der Waals surface area contributed by atoms with Crippen LogP contribution >= 0.6 is 0 Å². The molecule has 2 atom stereocenters. The van der Waals surface area contributed by atoms with Crippen LogP contribution in [0.5, 0.6) is 0 Å². The zero-order valence-electron chi connectivity index (χ0n) is 12.2. The van der Waals surface area contributed by atoms with Crippen molar-refractivity contribution in [2.75, 3.05) is 0 Å². The summed E-state index contributed by atoms with van der Waals surface area (Å²) in [5, 5.41) is 11.6. The van der Waals surface area contributed by atoms with Crippen LogP contribution in [0.2, 0.25) is 0 Å². The molecule has 0 saturated heterocycles. The number of halogens is 4. The van der Waals surface area contributed by atoms with E-state index in [9.17, 15) is 27.5 Å². The fourth-order valence-corrected chi connectivity index (χ4v) is 6.34. The highest BCUT2D eigenvalue weighted by Crippen LogP contribution is 2.72. The van der Waals surface area contributed by atoms with Crippen molar-refractivity contribution in [1.82, 2.24) is 0 Å². The van der Waals surface area contributed by atoms with Gasteiger partial charge in [-0.1, -0.05) is 0 Å². The molecule has 22 heavy (non-hydrogen) atoms. The summed E-state index contributed by atoms with van der Waals surface area (Å²) in [6.07, 6.45) is 1.22. The lowest BCUT2D eigenvalue weighted by molar-refractivity contribution is -0.336. The zero-order chi connectivity index (χ0) is 16.0. The summed E-state index contributed by atoms with van der Waals surface area (Å²) in [7, 11) is 0. The van der Waals surface area contributed by atoms with Crippen molar-refractivity contribution >= 4 is 5.97 Å². The Morgan fingerprint density at radius 3 is 2.00 bits per heavy atom. The molecular weight excluding hydrogens is 300 g/mol. The third-order valence-electron chi connectivity index (χ3n) is 7.24. The maximum absolute atomic E-state index is 14.0. The smallest absolute Gasteiger partial charge is 0.310 e. The van der Waals surface area contributed by atoms with Gasteiger partial charge in [-0.15, -0.1) is 0 Å². The maximum Gasteiger partial charge on any atom is 0.310 e. The standard InChI is InChI=1S/C16H20F4O2/c17-15(18)2-1-14(8-16(15,19)20)10-3-9-4-11(14)7-13(5-9,6-10)12(21)22/h9-11H,1-8H2,(H,21,22)/p-1. The molecule has 0 aromatic carbocycles. The molecular formula is C16H19F4O2-.